The average Bonchev–Trinajstić information content (AvgIpc) is 2.53. The Morgan fingerprint density at radius 1 is 1.59 bits per heavy atom. The van der Waals surface area contributed by atoms with Gasteiger partial charge in [0, 0.05) is 6.54 Å². The van der Waals surface area contributed by atoms with Crippen LogP contribution < -0.4 is 5.32 Å². The molecule has 7 heteroatoms. The number of hydrogen-bond donors (Lipinski definition) is 1. The smallest absolute Gasteiger partial charge is 0.312 e. The van der Waals surface area contributed by atoms with E-state index in [1.165, 1.54) is 4.68 Å². The van der Waals surface area contributed by atoms with Gasteiger partial charge in [-0.05, 0) is 27.7 Å². The summed E-state index contributed by atoms with van der Waals surface area (Å²) in [5.41, 5.74) is 0.691. The lowest BCUT2D eigenvalue weighted by Crippen LogP contribution is -2.31. The Hall–Kier alpha value is -1.92. The molecule has 1 atom stereocenters. The molecule has 1 unspecified atom stereocenters. The third-order valence-electron chi connectivity index (χ3n) is 2.57. The van der Waals surface area contributed by atoms with Crippen LogP contribution in [-0.4, -0.2) is 27.2 Å². The topological polar surface area (TPSA) is 90.1 Å². The molecular weight excluding hydrogens is 224 g/mol. The van der Waals surface area contributed by atoms with E-state index >= 15 is 0 Å². The molecule has 1 rings (SSSR count). The van der Waals surface area contributed by atoms with Crippen LogP contribution in [0.1, 0.15) is 31.3 Å². The van der Waals surface area contributed by atoms with Crippen molar-refractivity contribution in [3.05, 3.63) is 21.5 Å². The first-order valence-electron chi connectivity index (χ1n) is 5.37. The number of nitrogens with zero attached hydrogens (tertiary/aromatic N) is 3. The zero-order chi connectivity index (χ0) is 13.2. The van der Waals surface area contributed by atoms with Crippen LogP contribution in [0.3, 0.4) is 0 Å². The Balaban J connectivity index is 3.12. The average molecular weight is 240 g/mol. The maximum atomic E-state index is 11.6. The van der Waals surface area contributed by atoms with Gasteiger partial charge in [-0.25, -0.2) is 0 Å². The van der Waals surface area contributed by atoms with Crippen LogP contribution in [0, 0.1) is 24.0 Å². The highest BCUT2D eigenvalue weighted by Crippen LogP contribution is 2.24. The summed E-state index contributed by atoms with van der Waals surface area (Å²) in [6, 6.07) is -0.553. The van der Waals surface area contributed by atoms with Crippen LogP contribution >= 0.6 is 0 Å². The van der Waals surface area contributed by atoms with E-state index in [0.717, 1.165) is 0 Å². The highest BCUT2D eigenvalue weighted by Gasteiger charge is 2.26. The van der Waals surface area contributed by atoms with Gasteiger partial charge in [0.25, 0.3) is 0 Å². The SMILES string of the molecule is CCNC(=O)C(C)n1nc(C)c([N+](=O)[O-])c1C. The maximum Gasteiger partial charge on any atom is 0.312 e. The molecule has 0 bridgehead atoms. The largest absolute Gasteiger partial charge is 0.355 e. The Bertz CT molecular complexity index is 453. The van der Waals surface area contributed by atoms with Gasteiger partial charge >= 0.3 is 5.69 Å². The van der Waals surface area contributed by atoms with Gasteiger partial charge in [0.15, 0.2) is 0 Å². The molecule has 1 aromatic heterocycles. The molecule has 0 aromatic carbocycles. The van der Waals surface area contributed by atoms with Crippen LogP contribution in [0.5, 0.6) is 0 Å². The van der Waals surface area contributed by atoms with E-state index in [1.807, 2.05) is 6.92 Å². The summed E-state index contributed by atoms with van der Waals surface area (Å²) in [5, 5.41) is 17.5. The Kier molecular flexibility index (Phi) is 3.82. The zero-order valence-electron chi connectivity index (χ0n) is 10.4. The van der Waals surface area contributed by atoms with Crippen molar-refractivity contribution >= 4 is 11.6 Å². The zero-order valence-corrected chi connectivity index (χ0v) is 10.4. The fourth-order valence-electron chi connectivity index (χ4n) is 1.73. The van der Waals surface area contributed by atoms with E-state index < -0.39 is 11.0 Å². The van der Waals surface area contributed by atoms with E-state index in [4.69, 9.17) is 0 Å². The molecule has 1 aromatic rings. The van der Waals surface area contributed by atoms with E-state index in [9.17, 15) is 14.9 Å². The summed E-state index contributed by atoms with van der Waals surface area (Å²) in [6.07, 6.45) is 0. The molecule has 0 fully saturated rings. The summed E-state index contributed by atoms with van der Waals surface area (Å²) in [6.45, 7) is 7.15. The Labute approximate surface area is 99.0 Å². The minimum atomic E-state index is -0.553. The summed E-state index contributed by atoms with van der Waals surface area (Å²) >= 11 is 0. The minimum Gasteiger partial charge on any atom is -0.355 e. The molecule has 0 radical (unpaired) electrons. The number of likely N-dealkylation sites (N-methyl/N-ethyl adjacent to an activating group) is 1. The second-order valence-electron chi connectivity index (χ2n) is 3.79. The quantitative estimate of drug-likeness (QED) is 0.630. The Morgan fingerprint density at radius 3 is 2.59 bits per heavy atom. The lowest BCUT2D eigenvalue weighted by atomic mass is 10.3. The summed E-state index contributed by atoms with van der Waals surface area (Å²) < 4.78 is 1.39. The molecule has 7 nitrogen and oxygen atoms in total. The molecule has 0 aliphatic heterocycles. The number of carbonyl (C=O) groups is 1. The third-order valence-corrected chi connectivity index (χ3v) is 2.57. The molecule has 17 heavy (non-hydrogen) atoms. The third kappa shape index (κ3) is 2.43. The molecule has 0 saturated carbocycles. The van der Waals surface area contributed by atoms with Crippen LogP contribution in [0.25, 0.3) is 0 Å². The van der Waals surface area contributed by atoms with Gasteiger partial charge in [-0.3, -0.25) is 19.6 Å². The number of carbonyl (C=O) groups excluding carboxylic acids is 1. The highest BCUT2D eigenvalue weighted by molar-refractivity contribution is 5.79. The van der Waals surface area contributed by atoms with Crippen molar-refractivity contribution in [3.63, 3.8) is 0 Å². The monoisotopic (exact) mass is 240 g/mol. The summed E-state index contributed by atoms with van der Waals surface area (Å²) in [4.78, 5) is 22.0. The molecular formula is C10H16N4O3. The number of rotatable bonds is 4. The molecule has 0 spiro atoms. The molecule has 0 aliphatic carbocycles. The summed E-state index contributed by atoms with van der Waals surface area (Å²) in [7, 11) is 0. The van der Waals surface area contributed by atoms with Crippen molar-refractivity contribution < 1.29 is 9.72 Å². The predicted molar refractivity (Wildman–Crippen MR) is 61.8 cm³/mol. The molecule has 0 saturated heterocycles. The van der Waals surface area contributed by atoms with Gasteiger partial charge in [-0.2, -0.15) is 5.10 Å². The first-order chi connectivity index (χ1) is 7.90. The number of aryl methyl sites for hydroxylation is 1. The van der Waals surface area contributed by atoms with Gasteiger partial charge in [0.05, 0.1) is 4.92 Å². The predicted octanol–water partition coefficient (Wildman–Crippen LogP) is 1.11. The van der Waals surface area contributed by atoms with Crippen LogP contribution in [0.4, 0.5) is 5.69 Å². The minimum absolute atomic E-state index is 0.0267. The molecule has 1 heterocycles. The number of aromatic nitrogens is 2. The molecule has 1 N–H and O–H groups in total. The lowest BCUT2D eigenvalue weighted by molar-refractivity contribution is -0.386. The van der Waals surface area contributed by atoms with Gasteiger partial charge < -0.3 is 5.32 Å². The number of nitro groups is 1. The first kappa shape index (κ1) is 13.1. The Morgan fingerprint density at radius 2 is 2.18 bits per heavy atom. The van der Waals surface area contributed by atoms with Gasteiger partial charge in [0.1, 0.15) is 17.4 Å². The van der Waals surface area contributed by atoms with Gasteiger partial charge in [0.2, 0.25) is 5.91 Å². The van der Waals surface area contributed by atoms with Crippen molar-refractivity contribution in [2.75, 3.05) is 6.54 Å². The fourth-order valence-corrected chi connectivity index (χ4v) is 1.73. The van der Waals surface area contributed by atoms with E-state index in [2.05, 4.69) is 10.4 Å². The van der Waals surface area contributed by atoms with Gasteiger partial charge in [-0.15, -0.1) is 0 Å². The van der Waals surface area contributed by atoms with Crippen molar-refractivity contribution in [1.29, 1.82) is 0 Å². The van der Waals surface area contributed by atoms with Gasteiger partial charge in [-0.1, -0.05) is 0 Å². The molecule has 94 valence electrons. The van der Waals surface area contributed by atoms with Crippen LogP contribution in [0.2, 0.25) is 0 Å². The van der Waals surface area contributed by atoms with Crippen LogP contribution in [0.15, 0.2) is 0 Å². The van der Waals surface area contributed by atoms with E-state index in [0.29, 0.717) is 17.9 Å². The van der Waals surface area contributed by atoms with Crippen LogP contribution in [-0.2, 0) is 4.79 Å². The highest BCUT2D eigenvalue weighted by atomic mass is 16.6. The van der Waals surface area contributed by atoms with Crippen molar-refractivity contribution in [2.45, 2.75) is 33.7 Å². The van der Waals surface area contributed by atoms with E-state index in [1.54, 1.807) is 20.8 Å². The lowest BCUT2D eigenvalue weighted by Gasteiger charge is -2.12. The normalized spacial score (nSPS) is 12.2. The first-order valence-corrected chi connectivity index (χ1v) is 5.37. The summed E-state index contributed by atoms with van der Waals surface area (Å²) in [5.74, 6) is -0.201. The fraction of sp³-hybridized carbons (Fsp3) is 0.600. The number of nitrogens with one attached hydrogen (secondary N) is 1. The maximum absolute atomic E-state index is 11.6. The van der Waals surface area contributed by atoms with Crippen molar-refractivity contribution in [2.24, 2.45) is 0 Å². The van der Waals surface area contributed by atoms with E-state index in [-0.39, 0.29) is 11.6 Å². The van der Waals surface area contributed by atoms with Crippen molar-refractivity contribution in [3.8, 4) is 0 Å². The standard InChI is InChI=1S/C10H16N4O3/c1-5-11-10(15)8(4)13-7(3)9(14(16)17)6(2)12-13/h8H,5H2,1-4H3,(H,11,15). The second-order valence-corrected chi connectivity index (χ2v) is 3.79. The molecule has 1 amide bonds. The second kappa shape index (κ2) is 4.94. The molecule has 0 aliphatic rings. The number of hydrogen-bond acceptors (Lipinski definition) is 4. The number of amides is 1. The van der Waals surface area contributed by atoms with Crippen molar-refractivity contribution in [1.82, 2.24) is 15.1 Å².